The lowest BCUT2D eigenvalue weighted by Gasteiger charge is -2.23. The van der Waals surface area contributed by atoms with Gasteiger partial charge in [-0.15, -0.1) is 0 Å². The number of halogens is 1. The molecule has 43 heavy (non-hydrogen) atoms. The number of alkyl carbamates (subject to hydrolysis) is 1. The number of aryl methyl sites for hydroxylation is 2. The predicted octanol–water partition coefficient (Wildman–Crippen LogP) is 3.82. The second kappa shape index (κ2) is 11.1. The van der Waals surface area contributed by atoms with Crippen LogP contribution in [0.3, 0.4) is 0 Å². The van der Waals surface area contributed by atoms with Crippen molar-refractivity contribution in [2.75, 3.05) is 0 Å². The Balaban J connectivity index is 1.64. The number of fused-ring (bicyclic) bond motifs is 2. The maximum atomic E-state index is 13.9. The third-order valence-electron chi connectivity index (χ3n) is 6.97. The van der Waals surface area contributed by atoms with Crippen molar-refractivity contribution in [3.8, 4) is 0 Å². The van der Waals surface area contributed by atoms with E-state index in [4.69, 9.17) is 16.3 Å². The van der Waals surface area contributed by atoms with Crippen molar-refractivity contribution in [1.29, 1.82) is 0 Å². The summed E-state index contributed by atoms with van der Waals surface area (Å²) in [4.78, 5) is 61.0. The van der Waals surface area contributed by atoms with Crippen molar-refractivity contribution in [2.45, 2.75) is 45.4 Å². The minimum Gasteiger partial charge on any atom is -0.464 e. The lowest BCUT2D eigenvalue weighted by Crippen LogP contribution is -2.40. The molecule has 0 bridgehead atoms. The van der Waals surface area contributed by atoms with Crippen molar-refractivity contribution >= 4 is 45.9 Å². The fraction of sp³-hybridized carbons (Fsp3) is 0.310. The largest absolute Gasteiger partial charge is 0.464 e. The Morgan fingerprint density at radius 1 is 1.09 bits per heavy atom. The Hall–Kier alpha value is -4.91. The van der Waals surface area contributed by atoms with Gasteiger partial charge in [0.1, 0.15) is 11.4 Å². The highest BCUT2D eigenvalue weighted by Crippen LogP contribution is 2.27. The number of hydrogen-bond acceptors (Lipinski definition) is 7. The molecule has 0 saturated heterocycles. The first-order valence-corrected chi connectivity index (χ1v) is 13.7. The SMILES string of the molecule is Cn1c(C(Cc2ccncc2)NC(=O)OC(C)(C)C)nc2c1c(=O)n(Cc1cc3c(Cl)cccc3n1C(=O)O)c(=O)n2C. The van der Waals surface area contributed by atoms with Crippen molar-refractivity contribution < 1.29 is 19.4 Å². The Labute approximate surface area is 249 Å². The summed E-state index contributed by atoms with van der Waals surface area (Å²) in [7, 11) is 3.09. The molecule has 1 atom stereocenters. The zero-order chi connectivity index (χ0) is 31.2. The first kappa shape index (κ1) is 29.6. The van der Waals surface area contributed by atoms with Gasteiger partial charge in [0.2, 0.25) is 0 Å². The monoisotopic (exact) mass is 607 g/mol. The van der Waals surface area contributed by atoms with Gasteiger partial charge in [-0.25, -0.2) is 23.9 Å². The molecule has 0 aliphatic rings. The van der Waals surface area contributed by atoms with Crippen molar-refractivity contribution in [3.63, 3.8) is 0 Å². The zero-order valence-corrected chi connectivity index (χ0v) is 24.9. The molecule has 0 spiro atoms. The molecule has 1 aromatic carbocycles. The first-order valence-electron chi connectivity index (χ1n) is 13.3. The summed E-state index contributed by atoms with van der Waals surface area (Å²) in [5.41, 5.74) is -0.564. The number of aromatic nitrogens is 6. The van der Waals surface area contributed by atoms with E-state index in [1.807, 2.05) is 0 Å². The van der Waals surface area contributed by atoms with Gasteiger partial charge in [-0.05, 0) is 56.7 Å². The Kier molecular flexibility index (Phi) is 7.61. The number of ether oxygens (including phenoxy) is 1. The van der Waals surface area contributed by atoms with Gasteiger partial charge in [0.15, 0.2) is 11.2 Å². The van der Waals surface area contributed by atoms with Crippen LogP contribution >= 0.6 is 11.6 Å². The molecule has 13 nitrogen and oxygen atoms in total. The lowest BCUT2D eigenvalue weighted by atomic mass is 10.1. The second-order valence-electron chi connectivity index (χ2n) is 11.1. The maximum absolute atomic E-state index is 13.9. The van der Waals surface area contributed by atoms with Crippen LogP contribution < -0.4 is 16.6 Å². The molecule has 0 radical (unpaired) electrons. The van der Waals surface area contributed by atoms with Crippen LogP contribution in [0.4, 0.5) is 9.59 Å². The van der Waals surface area contributed by atoms with Crippen LogP contribution in [-0.2, 0) is 31.8 Å². The number of carbonyl (C=O) groups excluding carboxylic acids is 1. The van der Waals surface area contributed by atoms with Gasteiger partial charge in [-0.2, -0.15) is 0 Å². The summed E-state index contributed by atoms with van der Waals surface area (Å²) < 4.78 is 10.2. The molecule has 0 fully saturated rings. The quantitative estimate of drug-likeness (QED) is 0.295. The molecular weight excluding hydrogens is 578 g/mol. The van der Waals surface area contributed by atoms with E-state index in [9.17, 15) is 24.3 Å². The topological polar surface area (TPSA) is 155 Å². The number of hydrogen-bond donors (Lipinski definition) is 2. The molecule has 2 N–H and O–H groups in total. The van der Waals surface area contributed by atoms with Gasteiger partial charge in [0.25, 0.3) is 5.56 Å². The van der Waals surface area contributed by atoms with Crippen LogP contribution in [0.25, 0.3) is 22.1 Å². The average Bonchev–Trinajstić information content (AvgIpc) is 3.48. The van der Waals surface area contributed by atoms with Gasteiger partial charge < -0.3 is 19.7 Å². The summed E-state index contributed by atoms with van der Waals surface area (Å²) >= 11 is 6.30. The number of carboxylic acid groups (broad SMARTS) is 1. The van der Waals surface area contributed by atoms with Gasteiger partial charge in [0, 0.05) is 43.3 Å². The van der Waals surface area contributed by atoms with E-state index in [0.29, 0.717) is 28.2 Å². The smallest absolute Gasteiger partial charge is 0.416 e. The molecule has 4 heterocycles. The fourth-order valence-corrected chi connectivity index (χ4v) is 5.30. The highest BCUT2D eigenvalue weighted by Gasteiger charge is 2.28. The number of benzene rings is 1. The van der Waals surface area contributed by atoms with E-state index >= 15 is 0 Å². The number of nitrogens with one attached hydrogen (secondary N) is 1. The first-order chi connectivity index (χ1) is 20.3. The second-order valence-corrected chi connectivity index (χ2v) is 11.5. The number of carbonyl (C=O) groups is 2. The molecule has 4 aromatic heterocycles. The van der Waals surface area contributed by atoms with E-state index in [0.717, 1.165) is 14.7 Å². The molecule has 0 aliphatic heterocycles. The summed E-state index contributed by atoms with van der Waals surface area (Å²) in [6, 6.07) is 9.24. The van der Waals surface area contributed by atoms with E-state index in [1.54, 1.807) is 76.6 Å². The molecule has 0 aliphatic carbocycles. The third kappa shape index (κ3) is 5.63. The van der Waals surface area contributed by atoms with E-state index < -0.39 is 35.1 Å². The van der Waals surface area contributed by atoms with Gasteiger partial charge >= 0.3 is 17.9 Å². The van der Waals surface area contributed by atoms with Crippen LogP contribution in [0.1, 0.15) is 43.9 Å². The van der Waals surface area contributed by atoms with Gasteiger partial charge in [-0.1, -0.05) is 17.7 Å². The van der Waals surface area contributed by atoms with E-state index in [1.165, 1.54) is 16.2 Å². The molecule has 0 saturated carbocycles. The average molecular weight is 608 g/mol. The van der Waals surface area contributed by atoms with Crippen LogP contribution in [0.2, 0.25) is 5.02 Å². The van der Waals surface area contributed by atoms with Crippen molar-refractivity contribution in [2.24, 2.45) is 14.1 Å². The van der Waals surface area contributed by atoms with Crippen LogP contribution in [0, 0.1) is 0 Å². The van der Waals surface area contributed by atoms with Crippen LogP contribution in [0.5, 0.6) is 0 Å². The Morgan fingerprint density at radius 2 is 1.79 bits per heavy atom. The number of amides is 1. The molecule has 5 rings (SSSR count). The van der Waals surface area contributed by atoms with Gasteiger partial charge in [0.05, 0.1) is 23.8 Å². The standard InChI is InChI=1S/C29H30ClN7O6/c1-29(2,3)43-26(39)32-20(13-16-9-11-31-12-10-16)23-33-24-22(34(23)4)25(38)36(27(40)35(24)5)15-17-14-18-19(30)7-6-8-21(18)37(17)28(41)42/h6-12,14,20H,13,15H2,1-5H3,(H,32,39)(H,41,42). The maximum Gasteiger partial charge on any atom is 0.416 e. The summed E-state index contributed by atoms with van der Waals surface area (Å²) in [5, 5.41) is 13.6. The molecular formula is C29H30ClN7O6. The molecule has 224 valence electrons. The van der Waals surface area contributed by atoms with E-state index in [2.05, 4.69) is 15.3 Å². The van der Waals surface area contributed by atoms with Crippen LogP contribution in [0.15, 0.2) is 58.4 Å². The highest BCUT2D eigenvalue weighted by atomic mass is 35.5. The number of pyridine rings is 1. The minimum atomic E-state index is -1.28. The number of rotatable bonds is 6. The van der Waals surface area contributed by atoms with Crippen molar-refractivity contribution in [1.82, 2.24) is 33.6 Å². The Morgan fingerprint density at radius 3 is 2.44 bits per heavy atom. The number of imidazole rings is 1. The van der Waals surface area contributed by atoms with Gasteiger partial charge in [-0.3, -0.25) is 18.9 Å². The Bertz CT molecular complexity index is 2000. The minimum absolute atomic E-state index is 0.0961. The number of nitrogens with zero attached hydrogens (tertiary/aromatic N) is 6. The highest BCUT2D eigenvalue weighted by molar-refractivity contribution is 6.35. The third-order valence-corrected chi connectivity index (χ3v) is 7.30. The van der Waals surface area contributed by atoms with E-state index in [-0.39, 0.29) is 23.4 Å². The molecule has 14 heteroatoms. The van der Waals surface area contributed by atoms with Crippen molar-refractivity contribution in [3.05, 3.63) is 91.7 Å². The molecule has 1 amide bonds. The predicted molar refractivity (Wildman–Crippen MR) is 160 cm³/mol. The summed E-state index contributed by atoms with van der Waals surface area (Å²) in [6.07, 6.45) is 1.58. The summed E-state index contributed by atoms with van der Waals surface area (Å²) in [6.45, 7) is 4.90. The van der Waals surface area contributed by atoms with Crippen LogP contribution in [-0.4, -0.2) is 51.1 Å². The normalized spacial score (nSPS) is 12.5. The summed E-state index contributed by atoms with van der Waals surface area (Å²) in [5.74, 6) is 0.314. The fourth-order valence-electron chi connectivity index (χ4n) is 5.08. The molecule has 5 aromatic rings. The molecule has 1 unspecified atom stereocenters. The lowest BCUT2D eigenvalue weighted by molar-refractivity contribution is 0.0500. The zero-order valence-electron chi connectivity index (χ0n) is 24.2.